The first-order valence-electron chi connectivity index (χ1n) is 13.4. The average Bonchev–Trinajstić information content (AvgIpc) is 3.62. The summed E-state index contributed by atoms with van der Waals surface area (Å²) in [7, 11) is 0. The lowest BCUT2D eigenvalue weighted by molar-refractivity contribution is -0.127. The number of rotatable bonds is 6. The average molecular weight is 564 g/mol. The normalized spacial score (nSPS) is 15.1. The number of nitrogens with one attached hydrogen (secondary N) is 1. The number of benzene rings is 2. The second-order valence-corrected chi connectivity index (χ2v) is 11.2. The Bertz CT molecular complexity index is 1760. The number of nitrogens with two attached hydrogens (primary N) is 1. The van der Waals surface area contributed by atoms with Gasteiger partial charge in [-0.15, -0.1) is 11.3 Å². The van der Waals surface area contributed by atoms with Crippen LogP contribution in [0.5, 0.6) is 0 Å². The number of piperidine rings is 1. The molecule has 1 atom stereocenters. The fourth-order valence-corrected chi connectivity index (χ4v) is 6.10. The van der Waals surface area contributed by atoms with Crippen molar-refractivity contribution in [1.82, 2.24) is 24.6 Å². The van der Waals surface area contributed by atoms with Gasteiger partial charge < -0.3 is 16.0 Å². The largest absolute Gasteiger partial charge is 0.383 e. The maximum Gasteiger partial charge on any atom is 0.255 e. The molecule has 2 amide bonds. The van der Waals surface area contributed by atoms with Crippen LogP contribution in [0.2, 0.25) is 0 Å². The number of aryl methyl sites for hydroxylation is 1. The summed E-state index contributed by atoms with van der Waals surface area (Å²) in [6.45, 7) is 6.83. The number of pyridine rings is 1. The van der Waals surface area contributed by atoms with Gasteiger partial charge in [0.15, 0.2) is 0 Å². The first-order chi connectivity index (χ1) is 19.9. The Morgan fingerprint density at radius 1 is 1.10 bits per heavy atom. The first-order valence-corrected chi connectivity index (χ1v) is 14.2. The van der Waals surface area contributed by atoms with E-state index in [1.54, 1.807) is 29.7 Å². The molecule has 1 fully saturated rings. The van der Waals surface area contributed by atoms with Gasteiger partial charge in [-0.05, 0) is 50.1 Å². The van der Waals surface area contributed by atoms with E-state index in [1.807, 2.05) is 65.2 Å². The second kappa shape index (κ2) is 11.0. The molecule has 1 saturated heterocycles. The molecule has 6 rings (SSSR count). The Kier molecular flexibility index (Phi) is 7.07. The highest BCUT2D eigenvalue weighted by Crippen LogP contribution is 2.41. The van der Waals surface area contributed by atoms with E-state index < -0.39 is 0 Å². The molecule has 0 bridgehead atoms. The van der Waals surface area contributed by atoms with Crippen molar-refractivity contribution in [3.63, 3.8) is 0 Å². The molecule has 41 heavy (non-hydrogen) atoms. The highest BCUT2D eigenvalue weighted by atomic mass is 32.1. The number of amides is 2. The molecule has 5 aromatic rings. The van der Waals surface area contributed by atoms with Crippen LogP contribution in [0, 0.1) is 6.92 Å². The molecule has 1 aliphatic rings. The molecule has 1 unspecified atom stereocenters. The Balaban J connectivity index is 1.45. The van der Waals surface area contributed by atoms with Crippen molar-refractivity contribution in [1.29, 1.82) is 0 Å². The van der Waals surface area contributed by atoms with Crippen LogP contribution in [-0.4, -0.2) is 49.6 Å². The molecular formula is C31H29N7O2S. The van der Waals surface area contributed by atoms with Crippen molar-refractivity contribution in [3.05, 3.63) is 90.2 Å². The molecule has 10 heteroatoms. The predicted molar refractivity (Wildman–Crippen MR) is 163 cm³/mol. The summed E-state index contributed by atoms with van der Waals surface area (Å²) in [6, 6.07) is 16.6. The first kappa shape index (κ1) is 26.4. The van der Waals surface area contributed by atoms with Crippen molar-refractivity contribution >= 4 is 45.6 Å². The van der Waals surface area contributed by atoms with Crippen LogP contribution in [0.25, 0.3) is 32.6 Å². The monoisotopic (exact) mass is 563 g/mol. The number of hydrogen-bond acceptors (Lipinski definition) is 7. The van der Waals surface area contributed by atoms with E-state index in [2.05, 4.69) is 21.9 Å². The van der Waals surface area contributed by atoms with Crippen LogP contribution in [0.1, 0.15) is 34.2 Å². The van der Waals surface area contributed by atoms with Gasteiger partial charge in [-0.25, -0.2) is 9.97 Å². The van der Waals surface area contributed by atoms with Gasteiger partial charge in [-0.2, -0.15) is 5.10 Å². The van der Waals surface area contributed by atoms with E-state index in [4.69, 9.17) is 10.8 Å². The zero-order valence-corrected chi connectivity index (χ0v) is 23.4. The van der Waals surface area contributed by atoms with E-state index in [0.29, 0.717) is 30.2 Å². The number of anilines is 2. The summed E-state index contributed by atoms with van der Waals surface area (Å²) in [5.74, 6) is 0.0820. The molecule has 1 aliphatic heterocycles. The van der Waals surface area contributed by atoms with Gasteiger partial charge in [-0.1, -0.05) is 36.9 Å². The van der Waals surface area contributed by atoms with Crippen molar-refractivity contribution in [2.24, 2.45) is 0 Å². The highest BCUT2D eigenvalue weighted by Gasteiger charge is 2.29. The van der Waals surface area contributed by atoms with E-state index in [0.717, 1.165) is 50.4 Å². The van der Waals surface area contributed by atoms with Gasteiger partial charge in [0.1, 0.15) is 11.5 Å². The number of carbonyl (C=O) groups is 2. The maximum atomic E-state index is 12.8. The van der Waals surface area contributed by atoms with Gasteiger partial charge in [0.2, 0.25) is 5.91 Å². The number of carbonyl (C=O) groups excluding carboxylic acids is 2. The Hall–Kier alpha value is -4.83. The minimum Gasteiger partial charge on any atom is -0.383 e. The molecule has 2 aromatic carbocycles. The van der Waals surface area contributed by atoms with Crippen molar-refractivity contribution < 1.29 is 9.59 Å². The molecular weight excluding hydrogens is 534 g/mol. The minimum atomic E-state index is -0.198. The zero-order valence-electron chi connectivity index (χ0n) is 22.6. The molecule has 0 saturated carbocycles. The quantitative estimate of drug-likeness (QED) is 0.255. The summed E-state index contributed by atoms with van der Waals surface area (Å²) >= 11 is 1.58. The third-order valence-electron chi connectivity index (χ3n) is 7.32. The smallest absolute Gasteiger partial charge is 0.255 e. The number of nitrogens with zero attached hydrogens (tertiary/aromatic N) is 5. The topological polar surface area (TPSA) is 119 Å². The van der Waals surface area contributed by atoms with Crippen molar-refractivity contribution in [3.8, 4) is 21.7 Å². The lowest BCUT2D eigenvalue weighted by Crippen LogP contribution is -2.40. The summed E-state index contributed by atoms with van der Waals surface area (Å²) in [5, 5.41) is 9.72. The van der Waals surface area contributed by atoms with E-state index in [-0.39, 0.29) is 17.9 Å². The SMILES string of the molecule is C=CC(=O)N1CCCC(n2nc(-c3ccc(C(=O)Nc4ccccc4)cc3)c3c(N)ncc(-c4cnc(C)s4)c32)C1. The van der Waals surface area contributed by atoms with E-state index in [9.17, 15) is 9.59 Å². The fraction of sp³-hybridized carbons (Fsp3) is 0.194. The number of fused-ring (bicyclic) bond motifs is 1. The Labute approximate surface area is 241 Å². The number of aromatic nitrogens is 4. The Morgan fingerprint density at radius 3 is 2.59 bits per heavy atom. The Morgan fingerprint density at radius 2 is 1.88 bits per heavy atom. The molecule has 0 spiro atoms. The standard InChI is InChI=1S/C31H29N7O2S/c1-3-26(39)37-15-7-10-23(18-37)38-29-24(25-17-33-19(2)41-25)16-34-30(32)27(29)28(36-38)20-11-13-21(14-12-20)31(40)35-22-8-5-4-6-9-22/h3-6,8-9,11-14,16-17,23H,1,7,10,15,18H2,2H3,(H2,32,34)(H,35,40). The highest BCUT2D eigenvalue weighted by molar-refractivity contribution is 7.15. The molecule has 0 aliphatic carbocycles. The predicted octanol–water partition coefficient (Wildman–Crippen LogP) is 5.71. The molecule has 0 radical (unpaired) electrons. The van der Waals surface area contributed by atoms with Crippen LogP contribution in [-0.2, 0) is 4.79 Å². The minimum absolute atomic E-state index is 0.0607. The van der Waals surface area contributed by atoms with Gasteiger partial charge in [0, 0.05) is 47.9 Å². The van der Waals surface area contributed by atoms with Crippen LogP contribution in [0.3, 0.4) is 0 Å². The van der Waals surface area contributed by atoms with Crippen LogP contribution in [0.15, 0.2) is 79.6 Å². The van der Waals surface area contributed by atoms with Crippen LogP contribution < -0.4 is 11.1 Å². The lowest BCUT2D eigenvalue weighted by atomic mass is 10.0. The van der Waals surface area contributed by atoms with Crippen LogP contribution >= 0.6 is 11.3 Å². The third-order valence-corrected chi connectivity index (χ3v) is 8.27. The molecule has 206 valence electrons. The van der Waals surface area contributed by atoms with E-state index in [1.165, 1.54) is 6.08 Å². The molecule has 4 heterocycles. The number of thiazole rings is 1. The third kappa shape index (κ3) is 5.09. The van der Waals surface area contributed by atoms with Crippen LogP contribution in [0.4, 0.5) is 11.5 Å². The van der Waals surface area contributed by atoms with Gasteiger partial charge in [-0.3, -0.25) is 14.3 Å². The number of nitrogen functional groups attached to an aromatic ring is 1. The maximum absolute atomic E-state index is 12.8. The number of para-hydroxylation sites is 1. The summed E-state index contributed by atoms with van der Waals surface area (Å²) in [6.07, 6.45) is 6.69. The second-order valence-electron chi connectivity index (χ2n) is 10.00. The summed E-state index contributed by atoms with van der Waals surface area (Å²) < 4.78 is 2.01. The van der Waals surface area contributed by atoms with Gasteiger partial charge in [0.05, 0.1) is 26.8 Å². The van der Waals surface area contributed by atoms with Gasteiger partial charge >= 0.3 is 0 Å². The number of likely N-dealkylation sites (tertiary alicyclic amines) is 1. The zero-order chi connectivity index (χ0) is 28.5. The molecule has 3 aromatic heterocycles. The molecule has 3 N–H and O–H groups in total. The fourth-order valence-electron chi connectivity index (χ4n) is 5.32. The summed E-state index contributed by atoms with van der Waals surface area (Å²) in [5.41, 5.74) is 11.0. The summed E-state index contributed by atoms with van der Waals surface area (Å²) in [4.78, 5) is 37.1. The van der Waals surface area contributed by atoms with E-state index >= 15 is 0 Å². The molecule has 9 nitrogen and oxygen atoms in total. The van der Waals surface area contributed by atoms with Gasteiger partial charge in [0.25, 0.3) is 5.91 Å². The van der Waals surface area contributed by atoms with Crippen molar-refractivity contribution in [2.75, 3.05) is 24.1 Å². The number of hydrogen-bond donors (Lipinski definition) is 2. The van der Waals surface area contributed by atoms with Crippen molar-refractivity contribution in [2.45, 2.75) is 25.8 Å². The lowest BCUT2D eigenvalue weighted by Gasteiger charge is -2.32.